The lowest BCUT2D eigenvalue weighted by Crippen LogP contribution is -2.49. The van der Waals surface area contributed by atoms with Gasteiger partial charge in [0.1, 0.15) is 11.6 Å². The van der Waals surface area contributed by atoms with Crippen molar-refractivity contribution in [1.29, 1.82) is 0 Å². The minimum Gasteiger partial charge on any atom is -0.383 e. The molecule has 1 saturated heterocycles. The van der Waals surface area contributed by atoms with Crippen LogP contribution in [0.3, 0.4) is 0 Å². The first-order valence-electron chi connectivity index (χ1n) is 11.6. The number of hydrogen-bond acceptors (Lipinski definition) is 7. The minimum atomic E-state index is -0.262. The Kier molecular flexibility index (Phi) is 8.90. The highest BCUT2D eigenvalue weighted by atomic mass is 35.5. The zero-order chi connectivity index (χ0) is 24.6. The molecule has 1 fully saturated rings. The molecule has 1 aliphatic rings. The van der Waals surface area contributed by atoms with Crippen LogP contribution in [0.1, 0.15) is 17.8 Å². The first kappa shape index (κ1) is 25.3. The van der Waals surface area contributed by atoms with Crippen LogP contribution in [0.4, 0.5) is 15.2 Å². The monoisotopic (exact) mass is 517 g/mol. The van der Waals surface area contributed by atoms with E-state index < -0.39 is 0 Å². The van der Waals surface area contributed by atoms with Crippen LogP contribution >= 0.6 is 23.1 Å². The van der Waals surface area contributed by atoms with Crippen molar-refractivity contribution in [2.24, 2.45) is 0 Å². The number of benzene rings is 2. The van der Waals surface area contributed by atoms with E-state index in [1.54, 1.807) is 19.2 Å². The Morgan fingerprint density at radius 2 is 1.91 bits per heavy atom. The summed E-state index contributed by atoms with van der Waals surface area (Å²) in [5.41, 5.74) is 2.04. The summed E-state index contributed by atoms with van der Waals surface area (Å²) in [6.45, 7) is 4.62. The van der Waals surface area contributed by atoms with E-state index in [4.69, 9.17) is 16.3 Å². The van der Waals surface area contributed by atoms with Crippen molar-refractivity contribution in [3.05, 3.63) is 70.8 Å². The number of aromatic nitrogens is 2. The Morgan fingerprint density at radius 3 is 2.63 bits per heavy atom. The van der Waals surface area contributed by atoms with Gasteiger partial charge in [0.05, 0.1) is 6.61 Å². The number of hydrogen-bond donors (Lipinski definition) is 0. The molecule has 2 heterocycles. The zero-order valence-electron chi connectivity index (χ0n) is 19.7. The molecule has 0 N–H and O–H groups in total. The van der Waals surface area contributed by atoms with E-state index >= 15 is 0 Å². The zero-order valence-corrected chi connectivity index (χ0v) is 21.3. The average Bonchev–Trinajstić information content (AvgIpc) is 3.33. The maximum atomic E-state index is 13.2. The van der Waals surface area contributed by atoms with Crippen molar-refractivity contribution in [2.45, 2.75) is 12.8 Å². The van der Waals surface area contributed by atoms with Gasteiger partial charge in [0.15, 0.2) is 0 Å². The molecule has 7 nitrogen and oxygen atoms in total. The van der Waals surface area contributed by atoms with Crippen LogP contribution in [0.15, 0.2) is 48.5 Å². The van der Waals surface area contributed by atoms with Gasteiger partial charge in [-0.2, -0.15) is 4.37 Å². The van der Waals surface area contributed by atoms with E-state index in [9.17, 15) is 9.18 Å². The van der Waals surface area contributed by atoms with E-state index in [0.29, 0.717) is 51.5 Å². The molecular weight excluding hydrogens is 489 g/mol. The predicted molar refractivity (Wildman–Crippen MR) is 138 cm³/mol. The number of nitrogens with zero attached hydrogens (tertiary/aromatic N) is 5. The van der Waals surface area contributed by atoms with Crippen LogP contribution in [0, 0.1) is 5.82 Å². The molecule has 0 spiro atoms. The van der Waals surface area contributed by atoms with Gasteiger partial charge in [0.2, 0.25) is 11.0 Å². The lowest BCUT2D eigenvalue weighted by atomic mass is 10.1. The summed E-state index contributed by atoms with van der Waals surface area (Å²) in [6, 6.07) is 14.2. The Labute approximate surface area is 214 Å². The van der Waals surface area contributed by atoms with E-state index in [2.05, 4.69) is 19.2 Å². The van der Waals surface area contributed by atoms with Crippen LogP contribution < -0.4 is 9.80 Å². The number of carbonyl (C=O) groups is 1. The molecule has 0 saturated carbocycles. The third kappa shape index (κ3) is 7.13. The molecule has 0 atom stereocenters. The van der Waals surface area contributed by atoms with Crippen molar-refractivity contribution in [2.75, 3.05) is 62.8 Å². The lowest BCUT2D eigenvalue weighted by Gasteiger charge is -2.36. The number of anilines is 2. The Balaban J connectivity index is 1.31. The molecule has 0 unspecified atom stereocenters. The molecule has 0 aliphatic carbocycles. The lowest BCUT2D eigenvalue weighted by molar-refractivity contribution is -0.131. The fourth-order valence-electron chi connectivity index (χ4n) is 4.01. The van der Waals surface area contributed by atoms with Gasteiger partial charge in [0.25, 0.3) is 0 Å². The molecular formula is C25H29ClFN5O2S. The van der Waals surface area contributed by atoms with Gasteiger partial charge in [-0.15, -0.1) is 0 Å². The Morgan fingerprint density at radius 1 is 1.14 bits per heavy atom. The maximum absolute atomic E-state index is 13.2. The molecule has 3 aromatic rings. The number of carbonyl (C=O) groups excluding carboxylic acids is 1. The molecule has 35 heavy (non-hydrogen) atoms. The standard InChI is InChI=1S/C25H29ClFN5O2S/c1-34-16-15-32(25-28-23(29-35-25)17-19-5-7-21(27)8-6-19)10-9-24(33)31-13-11-30(12-14-31)22-4-2-3-20(26)18-22/h2-8,18H,9-17H2,1H3. The third-order valence-corrected chi connectivity index (χ3v) is 7.02. The summed E-state index contributed by atoms with van der Waals surface area (Å²) < 4.78 is 22.9. The van der Waals surface area contributed by atoms with Gasteiger partial charge in [-0.3, -0.25) is 4.79 Å². The van der Waals surface area contributed by atoms with E-state index in [1.807, 2.05) is 29.2 Å². The summed E-state index contributed by atoms with van der Waals surface area (Å²) in [6.07, 6.45) is 0.929. The van der Waals surface area contributed by atoms with Gasteiger partial charge in [-0.05, 0) is 35.9 Å². The van der Waals surface area contributed by atoms with E-state index in [-0.39, 0.29) is 11.7 Å². The second kappa shape index (κ2) is 12.3. The second-order valence-electron chi connectivity index (χ2n) is 8.37. The highest BCUT2D eigenvalue weighted by Crippen LogP contribution is 2.22. The SMILES string of the molecule is COCCN(CCC(=O)N1CCN(c2cccc(Cl)c2)CC1)c1nc(Cc2ccc(F)cc2)ns1. The van der Waals surface area contributed by atoms with E-state index in [0.717, 1.165) is 34.5 Å². The second-order valence-corrected chi connectivity index (χ2v) is 9.54. The first-order chi connectivity index (χ1) is 17.0. The molecule has 0 radical (unpaired) electrons. The quantitative estimate of drug-likeness (QED) is 0.403. The maximum Gasteiger partial charge on any atom is 0.224 e. The van der Waals surface area contributed by atoms with E-state index in [1.165, 1.54) is 23.7 Å². The fraction of sp³-hybridized carbons (Fsp3) is 0.400. The molecule has 0 bridgehead atoms. The van der Waals surface area contributed by atoms with Crippen molar-refractivity contribution >= 4 is 39.9 Å². The third-order valence-electron chi connectivity index (χ3n) is 5.97. The largest absolute Gasteiger partial charge is 0.383 e. The molecule has 1 aromatic heterocycles. The Hall–Kier alpha value is -2.75. The normalized spacial score (nSPS) is 13.8. The number of amides is 1. The molecule has 186 valence electrons. The average molecular weight is 518 g/mol. The number of halogens is 2. The molecule has 1 aliphatic heterocycles. The summed E-state index contributed by atoms with van der Waals surface area (Å²) in [4.78, 5) is 23.8. The van der Waals surface area contributed by atoms with Crippen molar-refractivity contribution in [3.63, 3.8) is 0 Å². The van der Waals surface area contributed by atoms with Crippen molar-refractivity contribution in [3.8, 4) is 0 Å². The first-order valence-corrected chi connectivity index (χ1v) is 12.8. The molecule has 1 amide bonds. The van der Waals surface area contributed by atoms with Gasteiger partial charge in [-0.25, -0.2) is 9.37 Å². The number of methoxy groups -OCH3 is 1. The number of piperazine rings is 1. The molecule has 2 aromatic carbocycles. The highest BCUT2D eigenvalue weighted by Gasteiger charge is 2.22. The highest BCUT2D eigenvalue weighted by molar-refractivity contribution is 7.09. The van der Waals surface area contributed by atoms with Crippen LogP contribution in [0.5, 0.6) is 0 Å². The molecule has 10 heteroatoms. The van der Waals surface area contributed by atoms with Gasteiger partial charge >= 0.3 is 0 Å². The van der Waals surface area contributed by atoms with Crippen LogP contribution in [-0.2, 0) is 16.0 Å². The summed E-state index contributed by atoms with van der Waals surface area (Å²) >= 11 is 7.43. The topological polar surface area (TPSA) is 61.8 Å². The Bertz CT molecular complexity index is 1110. The predicted octanol–water partition coefficient (Wildman–Crippen LogP) is 4.11. The molecule has 4 rings (SSSR count). The number of ether oxygens (including phenoxy) is 1. The summed E-state index contributed by atoms with van der Waals surface area (Å²) in [5.74, 6) is 0.554. The smallest absolute Gasteiger partial charge is 0.224 e. The van der Waals surface area contributed by atoms with Crippen molar-refractivity contribution < 1.29 is 13.9 Å². The van der Waals surface area contributed by atoms with Gasteiger partial charge < -0.3 is 19.4 Å². The summed E-state index contributed by atoms with van der Waals surface area (Å²) in [5, 5.41) is 1.48. The minimum absolute atomic E-state index is 0.134. The van der Waals surface area contributed by atoms with Crippen LogP contribution in [0.2, 0.25) is 5.02 Å². The van der Waals surface area contributed by atoms with Crippen LogP contribution in [-0.4, -0.2) is 73.1 Å². The number of rotatable bonds is 10. The van der Waals surface area contributed by atoms with Gasteiger partial charge in [0, 0.05) is 81.5 Å². The van der Waals surface area contributed by atoms with Gasteiger partial charge in [-0.1, -0.05) is 29.8 Å². The van der Waals surface area contributed by atoms with Crippen LogP contribution in [0.25, 0.3) is 0 Å². The summed E-state index contributed by atoms with van der Waals surface area (Å²) in [7, 11) is 1.66. The van der Waals surface area contributed by atoms with Crippen molar-refractivity contribution in [1.82, 2.24) is 14.3 Å². The fourth-order valence-corrected chi connectivity index (χ4v) is 4.93.